The van der Waals surface area contributed by atoms with Crippen molar-refractivity contribution in [2.24, 2.45) is 23.1 Å². The second-order valence-corrected chi connectivity index (χ2v) is 9.23. The second kappa shape index (κ2) is 8.61. The van der Waals surface area contributed by atoms with Crippen LogP contribution in [0.1, 0.15) is 68.6 Å². The highest BCUT2D eigenvalue weighted by Gasteiger charge is 2.53. The molecule has 0 bridgehead atoms. The standard InChI is InChI=1S/C23H27N3O3S/c1-4-14-11-18-15(12-22(14)27-30-29-28-25)5-6-17-16(18)9-10-23(2)19(17)7-8-20(23)21(13-24)26-3/h11-12,16-17,19H,4-10,25H2,1-2H3/b21-20-/t16-,17+,19-,23-/m0/s1. The molecule has 7 heteroatoms. The summed E-state index contributed by atoms with van der Waals surface area (Å²) in [6, 6.07) is 6.63. The van der Waals surface area contributed by atoms with Gasteiger partial charge < -0.3 is 4.18 Å². The maximum Gasteiger partial charge on any atom is 0.261 e. The minimum atomic E-state index is 0.00111. The van der Waals surface area contributed by atoms with E-state index in [2.05, 4.69) is 46.2 Å². The highest BCUT2D eigenvalue weighted by atomic mass is 32.2. The summed E-state index contributed by atoms with van der Waals surface area (Å²) in [7, 11) is 0. The minimum absolute atomic E-state index is 0.00111. The molecule has 0 heterocycles. The highest BCUT2D eigenvalue weighted by molar-refractivity contribution is 7.90. The van der Waals surface area contributed by atoms with Gasteiger partial charge in [-0.1, -0.05) is 19.9 Å². The molecule has 158 valence electrons. The predicted octanol–water partition coefficient (Wildman–Crippen LogP) is 5.57. The summed E-state index contributed by atoms with van der Waals surface area (Å²) in [4.78, 5) is 7.66. The summed E-state index contributed by atoms with van der Waals surface area (Å²) < 4.78 is 10.2. The zero-order chi connectivity index (χ0) is 21.3. The Kier molecular flexibility index (Phi) is 6.09. The van der Waals surface area contributed by atoms with Gasteiger partial charge in [-0.2, -0.15) is 5.90 Å². The van der Waals surface area contributed by atoms with E-state index < -0.39 is 0 Å². The zero-order valence-corrected chi connectivity index (χ0v) is 18.3. The molecular weight excluding hydrogens is 398 g/mol. The third kappa shape index (κ3) is 3.40. The third-order valence-electron chi connectivity index (χ3n) is 7.77. The SMILES string of the molecule is [C-]#[N+]/C(C#N)=C1/CC[C@H]2[C@@H]3CCc4cc(OSOON)c(CC)cc4[C@H]3CC[C@]12C. The molecule has 2 N–H and O–H groups in total. The Balaban J connectivity index is 1.65. The van der Waals surface area contributed by atoms with Crippen molar-refractivity contribution in [3.8, 4) is 11.8 Å². The lowest BCUT2D eigenvalue weighted by molar-refractivity contribution is -0.199. The zero-order valence-electron chi connectivity index (χ0n) is 17.4. The average Bonchev–Trinajstić information content (AvgIpc) is 3.11. The molecule has 30 heavy (non-hydrogen) atoms. The lowest BCUT2D eigenvalue weighted by atomic mass is 9.55. The molecule has 0 aliphatic heterocycles. The smallest absolute Gasteiger partial charge is 0.261 e. The molecule has 4 atom stereocenters. The van der Waals surface area contributed by atoms with Gasteiger partial charge >= 0.3 is 0 Å². The van der Waals surface area contributed by atoms with Crippen LogP contribution in [0.5, 0.6) is 5.75 Å². The minimum Gasteiger partial charge on any atom is -0.398 e. The molecule has 6 nitrogen and oxygen atoms in total. The molecule has 1 aromatic rings. The normalized spacial score (nSPS) is 31.0. The monoisotopic (exact) mass is 425 g/mol. The van der Waals surface area contributed by atoms with Crippen LogP contribution in [-0.4, -0.2) is 0 Å². The van der Waals surface area contributed by atoms with Gasteiger partial charge in [0, 0.05) is 0 Å². The molecule has 0 spiro atoms. The maximum atomic E-state index is 9.46. The van der Waals surface area contributed by atoms with Crippen LogP contribution in [0.15, 0.2) is 23.4 Å². The van der Waals surface area contributed by atoms with Crippen LogP contribution in [0.3, 0.4) is 0 Å². The molecule has 2 fully saturated rings. The molecule has 4 rings (SSSR count). The number of nitriles is 1. The Morgan fingerprint density at radius 1 is 1.37 bits per heavy atom. The van der Waals surface area contributed by atoms with E-state index >= 15 is 0 Å². The van der Waals surface area contributed by atoms with Crippen LogP contribution in [0.2, 0.25) is 0 Å². The third-order valence-corrected chi connectivity index (χ3v) is 8.15. The number of fused-ring (bicyclic) bond motifs is 5. The van der Waals surface area contributed by atoms with E-state index in [0.29, 0.717) is 23.5 Å². The van der Waals surface area contributed by atoms with Gasteiger partial charge in [-0.15, -0.1) is 9.32 Å². The largest absolute Gasteiger partial charge is 0.398 e. The van der Waals surface area contributed by atoms with Gasteiger partial charge in [0.1, 0.15) is 5.75 Å². The van der Waals surface area contributed by atoms with Crippen molar-refractivity contribution in [3.05, 3.63) is 51.5 Å². The molecule has 0 unspecified atom stereocenters. The van der Waals surface area contributed by atoms with Crippen LogP contribution < -0.4 is 10.1 Å². The van der Waals surface area contributed by atoms with Gasteiger partial charge in [0.2, 0.25) is 0 Å². The molecule has 3 aliphatic rings. The highest BCUT2D eigenvalue weighted by Crippen LogP contribution is 2.63. The summed E-state index contributed by atoms with van der Waals surface area (Å²) in [5.41, 5.74) is 5.43. The van der Waals surface area contributed by atoms with E-state index in [1.54, 1.807) is 0 Å². The Bertz CT molecular complexity index is 932. The van der Waals surface area contributed by atoms with Gasteiger partial charge in [-0.3, -0.25) is 0 Å². The number of allylic oxidation sites excluding steroid dienone is 2. The van der Waals surface area contributed by atoms with Gasteiger partial charge in [-0.05, 0) is 96.4 Å². The van der Waals surface area contributed by atoms with Crippen molar-refractivity contribution < 1.29 is 13.5 Å². The van der Waals surface area contributed by atoms with Crippen molar-refractivity contribution in [1.82, 2.24) is 0 Å². The lowest BCUT2D eigenvalue weighted by Gasteiger charge is -2.50. The van der Waals surface area contributed by atoms with Crippen molar-refractivity contribution in [2.45, 2.75) is 64.7 Å². The van der Waals surface area contributed by atoms with E-state index in [-0.39, 0.29) is 5.41 Å². The van der Waals surface area contributed by atoms with Crippen LogP contribution in [0.4, 0.5) is 0 Å². The molecule has 0 radical (unpaired) electrons. The molecule has 0 amide bonds. The quantitative estimate of drug-likeness (QED) is 0.166. The van der Waals surface area contributed by atoms with Gasteiger partial charge in [0.05, 0.1) is 12.6 Å². The van der Waals surface area contributed by atoms with Gasteiger partial charge in [0.25, 0.3) is 18.0 Å². The Morgan fingerprint density at radius 3 is 2.90 bits per heavy atom. The number of hydrogen-bond acceptors (Lipinski definition) is 6. The fourth-order valence-corrected chi connectivity index (χ4v) is 6.72. The van der Waals surface area contributed by atoms with Crippen LogP contribution in [-0.2, 0) is 22.2 Å². The average molecular weight is 426 g/mol. The topological polar surface area (TPSA) is 81.9 Å². The molecule has 3 aliphatic carbocycles. The Labute approximate surface area is 182 Å². The molecule has 0 saturated heterocycles. The van der Waals surface area contributed by atoms with Crippen molar-refractivity contribution in [1.29, 1.82) is 5.26 Å². The molecular formula is C23H27N3O3S. The second-order valence-electron chi connectivity index (χ2n) is 8.79. The Hall–Kier alpha value is -2.03. The van der Waals surface area contributed by atoms with Gasteiger partial charge in [-0.25, -0.2) is 10.1 Å². The first-order valence-electron chi connectivity index (χ1n) is 10.6. The first-order valence-corrected chi connectivity index (χ1v) is 11.3. The number of nitrogens with two attached hydrogens (primary N) is 1. The van der Waals surface area contributed by atoms with Crippen molar-refractivity contribution in [2.75, 3.05) is 0 Å². The summed E-state index contributed by atoms with van der Waals surface area (Å²) in [5.74, 6) is 7.40. The first kappa shape index (κ1) is 21.2. The van der Waals surface area contributed by atoms with E-state index in [1.807, 2.05) is 0 Å². The number of rotatable bonds is 5. The molecule has 0 aromatic heterocycles. The summed E-state index contributed by atoms with van der Waals surface area (Å²) in [6.45, 7) is 11.9. The summed E-state index contributed by atoms with van der Waals surface area (Å²) in [6.07, 6.45) is 7.18. The molecule has 1 aromatic carbocycles. The fraction of sp³-hybridized carbons (Fsp3) is 0.565. The maximum absolute atomic E-state index is 9.46. The Morgan fingerprint density at radius 2 is 2.20 bits per heavy atom. The fourth-order valence-electron chi connectivity index (χ4n) is 6.43. The van der Waals surface area contributed by atoms with Crippen LogP contribution in [0, 0.1) is 35.2 Å². The number of benzene rings is 1. The molecule has 2 saturated carbocycles. The lowest BCUT2D eigenvalue weighted by Crippen LogP contribution is -2.40. The number of aryl methyl sites for hydroxylation is 2. The van der Waals surface area contributed by atoms with Crippen molar-refractivity contribution in [3.63, 3.8) is 0 Å². The predicted molar refractivity (Wildman–Crippen MR) is 114 cm³/mol. The van der Waals surface area contributed by atoms with Crippen LogP contribution >= 0.6 is 12.3 Å². The van der Waals surface area contributed by atoms with Gasteiger partial charge in [0.15, 0.2) is 0 Å². The van der Waals surface area contributed by atoms with E-state index in [1.165, 1.54) is 11.1 Å². The number of nitrogens with zero attached hydrogens (tertiary/aromatic N) is 2. The van der Waals surface area contributed by atoms with E-state index in [9.17, 15) is 5.26 Å². The summed E-state index contributed by atoms with van der Waals surface area (Å²) in [5, 5.41) is 9.46. The summed E-state index contributed by atoms with van der Waals surface area (Å²) >= 11 is 0.726. The van der Waals surface area contributed by atoms with Crippen molar-refractivity contribution >= 4 is 12.3 Å². The first-order chi connectivity index (χ1) is 14.6. The number of hydrogen-bond donors (Lipinski definition) is 1. The van der Waals surface area contributed by atoms with E-state index in [4.69, 9.17) is 16.7 Å². The van der Waals surface area contributed by atoms with E-state index in [0.717, 1.165) is 74.2 Å². The van der Waals surface area contributed by atoms with Crippen LogP contribution in [0.25, 0.3) is 4.85 Å².